The van der Waals surface area contributed by atoms with E-state index in [0.717, 1.165) is 62.9 Å². The SMILES string of the molecule is COc1ccc([C@H]2c3sc(=O)n(CC(=O)Nc4cccc(C(F)(F)F)c4)c3SC3C(=O)N(c4ccc(F)cc4)C(=O)C32)cc1OC. The second-order valence-electron chi connectivity index (χ2n) is 10.4. The highest BCUT2D eigenvalue weighted by Gasteiger charge is 2.57. The molecule has 0 aliphatic carbocycles. The Bertz CT molecular complexity index is 1920. The van der Waals surface area contributed by atoms with Crippen molar-refractivity contribution in [2.24, 2.45) is 5.92 Å². The Morgan fingerprint density at radius 1 is 0.935 bits per heavy atom. The molecule has 0 radical (unpaired) electrons. The molecule has 15 heteroatoms. The topological polar surface area (TPSA) is 107 Å². The summed E-state index contributed by atoms with van der Waals surface area (Å²) in [6.45, 7) is -0.562. The third-order valence-electron chi connectivity index (χ3n) is 7.68. The summed E-state index contributed by atoms with van der Waals surface area (Å²) in [6, 6.07) is 14.0. The number of hydrogen-bond acceptors (Lipinski definition) is 8. The number of halogens is 4. The summed E-state index contributed by atoms with van der Waals surface area (Å²) in [6.07, 6.45) is -4.62. The van der Waals surface area contributed by atoms with Crippen molar-refractivity contribution in [3.63, 3.8) is 0 Å². The van der Waals surface area contributed by atoms with Crippen LogP contribution in [0, 0.1) is 11.7 Å². The van der Waals surface area contributed by atoms with Crippen molar-refractivity contribution in [1.82, 2.24) is 4.57 Å². The highest BCUT2D eigenvalue weighted by Crippen LogP contribution is 2.54. The zero-order valence-corrected chi connectivity index (χ0v) is 25.6. The molecule has 4 aromatic rings. The number of anilines is 2. The Morgan fingerprint density at radius 2 is 1.65 bits per heavy atom. The fourth-order valence-electron chi connectivity index (χ4n) is 5.62. The highest BCUT2D eigenvalue weighted by atomic mass is 32.2. The van der Waals surface area contributed by atoms with Gasteiger partial charge in [0, 0.05) is 16.5 Å². The number of rotatable bonds is 7. The molecule has 2 aliphatic rings. The lowest BCUT2D eigenvalue weighted by Crippen LogP contribution is -2.33. The highest BCUT2D eigenvalue weighted by molar-refractivity contribution is 8.00. The molecule has 9 nitrogen and oxygen atoms in total. The van der Waals surface area contributed by atoms with Crippen molar-refractivity contribution in [1.29, 1.82) is 0 Å². The minimum atomic E-state index is -4.62. The van der Waals surface area contributed by atoms with E-state index in [4.69, 9.17) is 9.47 Å². The van der Waals surface area contributed by atoms with Gasteiger partial charge >= 0.3 is 11.0 Å². The number of thioether (sulfide) groups is 1. The van der Waals surface area contributed by atoms with Crippen molar-refractivity contribution in [3.8, 4) is 11.5 Å². The maximum absolute atomic E-state index is 14.0. The molecule has 0 bridgehead atoms. The number of imide groups is 1. The molecule has 1 fully saturated rings. The smallest absolute Gasteiger partial charge is 0.416 e. The lowest BCUT2D eigenvalue weighted by Gasteiger charge is -2.31. The molecule has 3 amide bonds. The number of ether oxygens (including phenoxy) is 2. The van der Waals surface area contributed by atoms with Crippen LogP contribution in [-0.4, -0.2) is 41.8 Å². The van der Waals surface area contributed by atoms with E-state index in [1.54, 1.807) is 18.2 Å². The molecular weight excluding hydrogens is 650 g/mol. The number of methoxy groups -OCH3 is 2. The predicted octanol–water partition coefficient (Wildman–Crippen LogP) is 5.52. The van der Waals surface area contributed by atoms with Crippen molar-refractivity contribution >= 4 is 52.2 Å². The third kappa shape index (κ3) is 5.53. The van der Waals surface area contributed by atoms with Gasteiger partial charge < -0.3 is 14.8 Å². The summed E-state index contributed by atoms with van der Waals surface area (Å²) >= 11 is 1.76. The largest absolute Gasteiger partial charge is 0.493 e. The molecule has 3 aromatic carbocycles. The number of amides is 3. The number of nitrogens with zero attached hydrogens (tertiary/aromatic N) is 2. The van der Waals surface area contributed by atoms with Gasteiger partial charge in [0.15, 0.2) is 11.5 Å². The van der Waals surface area contributed by atoms with E-state index in [9.17, 15) is 36.7 Å². The van der Waals surface area contributed by atoms with Gasteiger partial charge in [0.2, 0.25) is 17.7 Å². The normalized spacial score (nSPS) is 19.1. The number of fused-ring (bicyclic) bond motifs is 2. The molecule has 2 aliphatic heterocycles. The molecule has 46 heavy (non-hydrogen) atoms. The first-order chi connectivity index (χ1) is 21.9. The lowest BCUT2D eigenvalue weighted by atomic mass is 9.83. The van der Waals surface area contributed by atoms with Gasteiger partial charge in [0.25, 0.3) is 0 Å². The molecule has 0 saturated carbocycles. The second-order valence-corrected chi connectivity index (χ2v) is 12.5. The quantitative estimate of drug-likeness (QED) is 0.204. The Hall–Kier alpha value is -4.63. The number of aromatic nitrogens is 1. The molecule has 6 rings (SSSR count). The van der Waals surface area contributed by atoms with Crippen LogP contribution in [0.2, 0.25) is 0 Å². The fourth-order valence-corrected chi connectivity index (χ4v) is 8.40. The van der Waals surface area contributed by atoms with Crippen LogP contribution in [0.25, 0.3) is 0 Å². The molecule has 3 heterocycles. The molecule has 1 N–H and O–H groups in total. The number of alkyl halides is 3. The van der Waals surface area contributed by atoms with Crippen LogP contribution in [0.1, 0.15) is 21.9 Å². The molecular formula is C31H23F4N3O6S2. The van der Waals surface area contributed by atoms with Gasteiger partial charge in [-0.25, -0.2) is 9.29 Å². The van der Waals surface area contributed by atoms with Crippen molar-refractivity contribution in [2.45, 2.75) is 28.9 Å². The Balaban J connectivity index is 1.41. The monoisotopic (exact) mass is 673 g/mol. The first-order valence-electron chi connectivity index (χ1n) is 13.6. The van der Waals surface area contributed by atoms with E-state index in [-0.39, 0.29) is 16.4 Å². The van der Waals surface area contributed by atoms with Crippen LogP contribution >= 0.6 is 23.1 Å². The van der Waals surface area contributed by atoms with E-state index in [2.05, 4.69) is 5.32 Å². The number of thiazole rings is 1. The van der Waals surface area contributed by atoms with Gasteiger partial charge in [-0.05, 0) is 60.2 Å². The van der Waals surface area contributed by atoms with Crippen molar-refractivity contribution in [3.05, 3.63) is 98.2 Å². The second kappa shape index (κ2) is 11.9. The van der Waals surface area contributed by atoms with Crippen LogP contribution in [0.5, 0.6) is 11.5 Å². The summed E-state index contributed by atoms with van der Waals surface area (Å²) in [5, 5.41) is 1.66. The van der Waals surface area contributed by atoms with E-state index >= 15 is 0 Å². The number of carbonyl (C=O) groups excluding carboxylic acids is 3. The van der Waals surface area contributed by atoms with Crippen LogP contribution in [0.15, 0.2) is 76.6 Å². The van der Waals surface area contributed by atoms with Crippen molar-refractivity contribution in [2.75, 3.05) is 24.4 Å². The Kier molecular flexibility index (Phi) is 8.14. The molecule has 1 aromatic heterocycles. The molecule has 0 spiro atoms. The van der Waals surface area contributed by atoms with Gasteiger partial charge in [-0.15, -0.1) is 0 Å². The van der Waals surface area contributed by atoms with E-state index < -0.39 is 63.8 Å². The molecule has 1 saturated heterocycles. The standard InChI is InChI=1S/C31H23F4N3O6S2/c1-43-20-11-6-15(12-21(20)44-2)23-24-25(28(41)38(27(24)40)19-9-7-17(32)8-10-19)45-29-26(23)46-30(42)37(29)14-22(39)36-18-5-3-4-16(13-18)31(33,34)35/h3-13,23-25H,14H2,1-2H3,(H,36,39)/t23-,24?,25?/m1/s1. The summed E-state index contributed by atoms with van der Waals surface area (Å²) in [5.74, 6) is -3.49. The molecule has 2 unspecified atom stereocenters. The van der Waals surface area contributed by atoms with Crippen LogP contribution in [0.3, 0.4) is 0 Å². The van der Waals surface area contributed by atoms with Gasteiger partial charge in [0.1, 0.15) is 17.6 Å². The summed E-state index contributed by atoms with van der Waals surface area (Å²) in [4.78, 5) is 55.1. The molecule has 3 atom stereocenters. The third-order valence-corrected chi connectivity index (χ3v) is 10.3. The summed E-state index contributed by atoms with van der Waals surface area (Å²) < 4.78 is 65.2. The maximum Gasteiger partial charge on any atom is 0.416 e. The number of nitrogens with one attached hydrogen (secondary N) is 1. The van der Waals surface area contributed by atoms with E-state index in [1.807, 2.05) is 0 Å². The Morgan fingerprint density at radius 3 is 2.33 bits per heavy atom. The fraction of sp³-hybridized carbons (Fsp3) is 0.226. The first-order valence-corrected chi connectivity index (χ1v) is 15.3. The maximum atomic E-state index is 14.0. The zero-order chi connectivity index (χ0) is 32.9. The van der Waals surface area contributed by atoms with Gasteiger partial charge in [-0.2, -0.15) is 13.2 Å². The van der Waals surface area contributed by atoms with E-state index in [1.165, 1.54) is 32.4 Å². The lowest BCUT2D eigenvalue weighted by molar-refractivity contribution is -0.137. The van der Waals surface area contributed by atoms with Crippen molar-refractivity contribution < 1.29 is 41.4 Å². The number of carbonyl (C=O) groups is 3. The number of benzene rings is 3. The van der Waals surface area contributed by atoms with E-state index in [0.29, 0.717) is 21.9 Å². The van der Waals surface area contributed by atoms with Gasteiger partial charge in [-0.1, -0.05) is 35.2 Å². The first kappa shape index (κ1) is 31.4. The average molecular weight is 674 g/mol. The summed E-state index contributed by atoms with van der Waals surface area (Å²) in [5.41, 5.74) is -0.346. The zero-order valence-electron chi connectivity index (χ0n) is 24.0. The molecule has 238 valence electrons. The minimum absolute atomic E-state index is 0.112. The van der Waals surface area contributed by atoms with Crippen LogP contribution < -0.4 is 24.6 Å². The Labute approximate surface area is 266 Å². The van der Waals surface area contributed by atoms with Crippen LogP contribution in [-0.2, 0) is 27.1 Å². The average Bonchev–Trinajstić information content (AvgIpc) is 3.47. The van der Waals surface area contributed by atoms with Gasteiger partial charge in [0.05, 0.1) is 36.4 Å². The number of hydrogen-bond donors (Lipinski definition) is 1. The predicted molar refractivity (Wildman–Crippen MR) is 162 cm³/mol. The van der Waals surface area contributed by atoms with Gasteiger partial charge in [-0.3, -0.25) is 23.7 Å². The summed E-state index contributed by atoms with van der Waals surface area (Å²) in [7, 11) is 2.89. The van der Waals surface area contributed by atoms with Crippen LogP contribution in [0.4, 0.5) is 28.9 Å². The minimum Gasteiger partial charge on any atom is -0.493 e.